The second kappa shape index (κ2) is 12.0. The van der Waals surface area contributed by atoms with Crippen LogP contribution in [0.1, 0.15) is 25.0 Å². The number of halogens is 2. The highest BCUT2D eigenvalue weighted by Crippen LogP contribution is 2.28. The Morgan fingerprint density at radius 1 is 1.00 bits per heavy atom. The third-order valence-corrected chi connectivity index (χ3v) is 5.79. The van der Waals surface area contributed by atoms with E-state index in [2.05, 4.69) is 15.1 Å². The summed E-state index contributed by atoms with van der Waals surface area (Å²) in [5.41, 5.74) is 1.54. The van der Waals surface area contributed by atoms with Gasteiger partial charge in [-0.1, -0.05) is 18.2 Å². The second-order valence-electron chi connectivity index (χ2n) is 7.61. The minimum Gasteiger partial charge on any atom is -0.490 e. The molecule has 0 unspecified atom stereocenters. The molecule has 2 aromatic carbocycles. The molecule has 0 aromatic heterocycles. The van der Waals surface area contributed by atoms with Gasteiger partial charge >= 0.3 is 0 Å². The Bertz CT molecular complexity index is 905. The van der Waals surface area contributed by atoms with E-state index >= 15 is 0 Å². The predicted molar refractivity (Wildman–Crippen MR) is 126 cm³/mol. The first-order valence-electron chi connectivity index (χ1n) is 11.1. The van der Waals surface area contributed by atoms with Gasteiger partial charge in [0.1, 0.15) is 0 Å². The van der Waals surface area contributed by atoms with Gasteiger partial charge in [0.25, 0.3) is 0 Å². The number of ether oxygens (including phenoxy) is 2. The van der Waals surface area contributed by atoms with Gasteiger partial charge in [0, 0.05) is 44.8 Å². The fourth-order valence-electron chi connectivity index (χ4n) is 3.70. The summed E-state index contributed by atoms with van der Waals surface area (Å²) in [6, 6.07) is 10.3. The molecule has 32 heavy (non-hydrogen) atoms. The van der Waals surface area contributed by atoms with Crippen LogP contribution in [0.3, 0.4) is 0 Å². The van der Waals surface area contributed by atoms with Crippen molar-refractivity contribution in [2.24, 2.45) is 0 Å². The summed E-state index contributed by atoms with van der Waals surface area (Å²) in [5, 5.41) is 4.05. The lowest BCUT2D eigenvalue weighted by molar-refractivity contribution is 0.172. The first-order chi connectivity index (χ1) is 15.5. The van der Waals surface area contributed by atoms with Gasteiger partial charge in [-0.3, -0.25) is 4.90 Å². The van der Waals surface area contributed by atoms with E-state index in [4.69, 9.17) is 21.7 Å². The Kier molecular flexibility index (Phi) is 9.05. The highest BCUT2D eigenvalue weighted by Gasteiger charge is 2.20. The normalized spacial score (nSPS) is 14.3. The van der Waals surface area contributed by atoms with Crippen molar-refractivity contribution in [2.75, 3.05) is 45.9 Å². The minimum atomic E-state index is -0.799. The molecule has 0 spiro atoms. The maximum Gasteiger partial charge on any atom is 0.169 e. The van der Waals surface area contributed by atoms with Crippen LogP contribution in [0.15, 0.2) is 36.4 Å². The van der Waals surface area contributed by atoms with E-state index in [9.17, 15) is 8.78 Å². The minimum absolute atomic E-state index is 0.390. The number of nitrogens with one attached hydrogen (secondary N) is 1. The Labute approximate surface area is 194 Å². The topological polar surface area (TPSA) is 37.0 Å². The number of rotatable bonds is 9. The van der Waals surface area contributed by atoms with Crippen molar-refractivity contribution in [3.63, 3.8) is 0 Å². The lowest BCUT2D eigenvalue weighted by Crippen LogP contribution is -2.51. The summed E-state index contributed by atoms with van der Waals surface area (Å²) in [7, 11) is 0. The molecule has 1 heterocycles. The number of benzene rings is 2. The number of hydrogen-bond donors (Lipinski definition) is 1. The first kappa shape index (κ1) is 24.2. The van der Waals surface area contributed by atoms with Crippen molar-refractivity contribution >= 4 is 17.3 Å². The van der Waals surface area contributed by atoms with Gasteiger partial charge in [-0.25, -0.2) is 8.78 Å². The molecule has 0 bridgehead atoms. The highest BCUT2D eigenvalue weighted by molar-refractivity contribution is 7.80. The maximum absolute atomic E-state index is 13.9. The molecule has 1 aliphatic heterocycles. The molecule has 174 valence electrons. The Balaban J connectivity index is 1.43. The summed E-state index contributed by atoms with van der Waals surface area (Å²) in [5.74, 6) is -0.0285. The molecule has 2 aromatic rings. The number of nitrogens with zero attached hydrogens (tertiary/aromatic N) is 2. The van der Waals surface area contributed by atoms with Crippen LogP contribution in [0, 0.1) is 11.6 Å². The van der Waals surface area contributed by atoms with Crippen LogP contribution >= 0.6 is 12.2 Å². The van der Waals surface area contributed by atoms with E-state index in [1.807, 2.05) is 32.0 Å². The fourth-order valence-corrected chi connectivity index (χ4v) is 3.98. The molecule has 5 nitrogen and oxygen atoms in total. The third-order valence-electron chi connectivity index (χ3n) is 5.38. The fraction of sp³-hybridized carbons (Fsp3) is 0.458. The molecule has 3 rings (SSSR count). The predicted octanol–water partition coefficient (Wildman–Crippen LogP) is 4.00. The van der Waals surface area contributed by atoms with Gasteiger partial charge in [-0.2, -0.15) is 0 Å². The number of piperazine rings is 1. The van der Waals surface area contributed by atoms with Gasteiger partial charge in [-0.15, -0.1) is 0 Å². The monoisotopic (exact) mass is 463 g/mol. The zero-order chi connectivity index (χ0) is 22.9. The average molecular weight is 464 g/mol. The summed E-state index contributed by atoms with van der Waals surface area (Å²) < 4.78 is 38.6. The molecule has 0 saturated carbocycles. The molecule has 0 atom stereocenters. The van der Waals surface area contributed by atoms with Crippen molar-refractivity contribution in [2.45, 2.75) is 26.8 Å². The van der Waals surface area contributed by atoms with Gasteiger partial charge in [0.2, 0.25) is 0 Å². The van der Waals surface area contributed by atoms with Crippen molar-refractivity contribution in [1.29, 1.82) is 0 Å². The molecule has 1 saturated heterocycles. The number of thiocarbonyl (C=S) groups is 1. The second-order valence-corrected chi connectivity index (χ2v) is 7.99. The van der Waals surface area contributed by atoms with E-state index in [1.165, 1.54) is 0 Å². The van der Waals surface area contributed by atoms with Crippen LogP contribution in [0.4, 0.5) is 8.78 Å². The van der Waals surface area contributed by atoms with E-state index in [1.54, 1.807) is 12.1 Å². The van der Waals surface area contributed by atoms with E-state index in [-0.39, 0.29) is 0 Å². The van der Waals surface area contributed by atoms with Gasteiger partial charge in [0.05, 0.1) is 13.2 Å². The Morgan fingerprint density at radius 3 is 2.44 bits per heavy atom. The van der Waals surface area contributed by atoms with E-state index in [0.717, 1.165) is 60.8 Å². The van der Waals surface area contributed by atoms with Crippen molar-refractivity contribution in [3.05, 3.63) is 59.2 Å². The van der Waals surface area contributed by atoms with Crippen LogP contribution < -0.4 is 14.8 Å². The van der Waals surface area contributed by atoms with Crippen LogP contribution in [-0.2, 0) is 13.0 Å². The quantitative estimate of drug-likeness (QED) is 0.567. The van der Waals surface area contributed by atoms with Gasteiger partial charge < -0.3 is 19.7 Å². The summed E-state index contributed by atoms with van der Waals surface area (Å²) in [4.78, 5) is 4.24. The molecule has 1 aliphatic rings. The first-order valence-corrected chi connectivity index (χ1v) is 11.5. The zero-order valence-corrected chi connectivity index (χ0v) is 19.5. The maximum atomic E-state index is 13.9. The summed E-state index contributed by atoms with van der Waals surface area (Å²) in [6.45, 7) is 9.20. The third kappa shape index (κ3) is 6.53. The van der Waals surface area contributed by atoms with Crippen molar-refractivity contribution in [1.82, 2.24) is 15.1 Å². The largest absolute Gasteiger partial charge is 0.490 e. The zero-order valence-electron chi connectivity index (χ0n) is 18.7. The summed E-state index contributed by atoms with van der Waals surface area (Å²) >= 11 is 5.56. The molecule has 1 fully saturated rings. The molecular formula is C24H31F2N3O2S. The summed E-state index contributed by atoms with van der Waals surface area (Å²) in [6.07, 6.45) is 0.811. The van der Waals surface area contributed by atoms with Crippen LogP contribution in [-0.4, -0.2) is 60.8 Å². The van der Waals surface area contributed by atoms with Crippen molar-refractivity contribution in [3.8, 4) is 11.5 Å². The Hall–Kier alpha value is -2.45. The van der Waals surface area contributed by atoms with Crippen LogP contribution in [0.5, 0.6) is 11.5 Å². The standard InChI is InChI=1S/C24H31F2N3O2S/c1-3-30-21-9-8-18(16-22(21)31-4-2)10-11-27-24(32)29-14-12-28(13-15-29)17-19-6-5-7-20(25)23(19)26/h5-9,16H,3-4,10-15,17H2,1-2H3,(H,27,32). The molecule has 0 radical (unpaired) electrons. The van der Waals surface area contributed by atoms with E-state index < -0.39 is 11.6 Å². The van der Waals surface area contributed by atoms with Crippen LogP contribution in [0.2, 0.25) is 0 Å². The van der Waals surface area contributed by atoms with E-state index in [0.29, 0.717) is 31.9 Å². The lowest BCUT2D eigenvalue weighted by Gasteiger charge is -2.36. The molecular weight excluding hydrogens is 432 g/mol. The average Bonchev–Trinajstić information content (AvgIpc) is 2.79. The highest BCUT2D eigenvalue weighted by atomic mass is 32.1. The molecule has 0 amide bonds. The SMILES string of the molecule is CCOc1ccc(CCNC(=S)N2CCN(Cc3cccc(F)c3F)CC2)cc1OCC. The van der Waals surface area contributed by atoms with Crippen molar-refractivity contribution < 1.29 is 18.3 Å². The Morgan fingerprint density at radius 2 is 1.72 bits per heavy atom. The molecule has 0 aliphatic carbocycles. The lowest BCUT2D eigenvalue weighted by atomic mass is 10.1. The van der Waals surface area contributed by atoms with Crippen LogP contribution in [0.25, 0.3) is 0 Å². The smallest absolute Gasteiger partial charge is 0.169 e. The molecule has 8 heteroatoms. The van der Waals surface area contributed by atoms with Gasteiger partial charge in [-0.05, 0) is 56.2 Å². The molecule has 1 N–H and O–H groups in total. The van der Waals surface area contributed by atoms with Gasteiger partial charge in [0.15, 0.2) is 28.2 Å². The number of hydrogen-bond acceptors (Lipinski definition) is 4.